The molecule has 0 saturated carbocycles. The first kappa shape index (κ1) is 13.5. The van der Waals surface area contributed by atoms with Crippen molar-refractivity contribution in [3.63, 3.8) is 0 Å². The van der Waals surface area contributed by atoms with Crippen molar-refractivity contribution >= 4 is 40.1 Å². The van der Waals surface area contributed by atoms with E-state index in [1.807, 2.05) is 5.38 Å². The molecule has 0 aliphatic rings. The molecule has 7 nitrogen and oxygen atoms in total. The minimum Gasteiger partial charge on any atom is -0.383 e. The molecule has 0 fully saturated rings. The highest BCUT2D eigenvalue weighted by molar-refractivity contribution is 7.08. The first-order valence-corrected chi connectivity index (χ1v) is 7.35. The van der Waals surface area contributed by atoms with Gasteiger partial charge in [0, 0.05) is 13.0 Å². The van der Waals surface area contributed by atoms with Gasteiger partial charge in [-0.25, -0.2) is 4.98 Å². The molecule has 3 rings (SSSR count). The number of nitrogen functional groups attached to an aromatic ring is 2. The van der Waals surface area contributed by atoms with Gasteiger partial charge in [0.05, 0.1) is 11.1 Å². The smallest absolute Gasteiger partial charge is 0.224 e. The molecule has 5 N–H and O–H groups in total. The predicted molar refractivity (Wildman–Crippen MR) is 85.3 cm³/mol. The molecule has 108 valence electrons. The largest absolute Gasteiger partial charge is 0.383 e. The van der Waals surface area contributed by atoms with Crippen molar-refractivity contribution in [2.24, 2.45) is 0 Å². The minimum absolute atomic E-state index is 0.0587. The molecule has 0 amide bonds. The van der Waals surface area contributed by atoms with Gasteiger partial charge >= 0.3 is 0 Å². The summed E-state index contributed by atoms with van der Waals surface area (Å²) in [5, 5.41) is 7.71. The SMILES string of the molecule is CNc1nc(C(C)c2ccsc2)c2c(N)nc(N)nc2n1. The van der Waals surface area contributed by atoms with Gasteiger partial charge in [-0.2, -0.15) is 26.3 Å². The second-order valence-corrected chi connectivity index (χ2v) is 5.41. The van der Waals surface area contributed by atoms with Crippen LogP contribution < -0.4 is 16.8 Å². The third-order valence-corrected chi connectivity index (χ3v) is 4.01. The second-order valence-electron chi connectivity index (χ2n) is 4.63. The Kier molecular flexibility index (Phi) is 3.30. The first-order chi connectivity index (χ1) is 10.1. The van der Waals surface area contributed by atoms with E-state index in [9.17, 15) is 0 Å². The van der Waals surface area contributed by atoms with E-state index in [1.165, 1.54) is 5.56 Å². The van der Waals surface area contributed by atoms with E-state index in [2.05, 4.69) is 43.6 Å². The highest BCUT2D eigenvalue weighted by atomic mass is 32.1. The maximum Gasteiger partial charge on any atom is 0.224 e. The number of anilines is 3. The van der Waals surface area contributed by atoms with Gasteiger partial charge in [-0.3, -0.25) is 0 Å². The average Bonchev–Trinajstić information content (AvgIpc) is 2.98. The molecule has 3 aromatic heterocycles. The van der Waals surface area contributed by atoms with Crippen molar-refractivity contribution in [1.29, 1.82) is 0 Å². The molecule has 1 unspecified atom stereocenters. The third-order valence-electron chi connectivity index (χ3n) is 3.31. The summed E-state index contributed by atoms with van der Waals surface area (Å²) in [6, 6.07) is 2.07. The Morgan fingerprint density at radius 3 is 2.67 bits per heavy atom. The topological polar surface area (TPSA) is 116 Å². The van der Waals surface area contributed by atoms with Gasteiger partial charge in [0.1, 0.15) is 5.82 Å². The molecule has 0 aromatic carbocycles. The highest BCUT2D eigenvalue weighted by Crippen LogP contribution is 2.32. The summed E-state index contributed by atoms with van der Waals surface area (Å²) >= 11 is 1.64. The number of thiophene rings is 1. The Morgan fingerprint density at radius 2 is 2.00 bits per heavy atom. The van der Waals surface area contributed by atoms with Crippen LogP contribution >= 0.6 is 11.3 Å². The van der Waals surface area contributed by atoms with Crippen molar-refractivity contribution in [1.82, 2.24) is 19.9 Å². The van der Waals surface area contributed by atoms with Gasteiger partial charge in [0.15, 0.2) is 5.65 Å². The van der Waals surface area contributed by atoms with E-state index < -0.39 is 0 Å². The molecule has 0 radical (unpaired) electrons. The Bertz CT molecular complexity index is 785. The second kappa shape index (κ2) is 5.13. The number of nitrogens with one attached hydrogen (secondary N) is 1. The Balaban J connectivity index is 2.29. The molecule has 3 aromatic rings. The standard InChI is InChI=1S/C13H15N7S/c1-6(7-3-4-21-5-7)9-8-10(14)18-12(15)19-11(8)20-13(16-2)17-9/h3-6H,1-2H3,(H5,14,15,16,17,18,19,20). The number of aromatic nitrogens is 4. The normalized spacial score (nSPS) is 12.5. The van der Waals surface area contributed by atoms with Crippen LogP contribution in [0.4, 0.5) is 17.7 Å². The van der Waals surface area contributed by atoms with Crippen LogP contribution in [-0.2, 0) is 0 Å². The molecule has 8 heteroatoms. The van der Waals surface area contributed by atoms with Gasteiger partial charge < -0.3 is 16.8 Å². The van der Waals surface area contributed by atoms with Crippen LogP contribution in [0.25, 0.3) is 11.0 Å². The van der Waals surface area contributed by atoms with Crippen molar-refractivity contribution < 1.29 is 0 Å². The lowest BCUT2D eigenvalue weighted by Crippen LogP contribution is -2.10. The maximum absolute atomic E-state index is 6.01. The molecule has 0 aliphatic carbocycles. The van der Waals surface area contributed by atoms with E-state index in [0.29, 0.717) is 22.8 Å². The van der Waals surface area contributed by atoms with Gasteiger partial charge in [-0.05, 0) is 22.4 Å². The van der Waals surface area contributed by atoms with E-state index in [1.54, 1.807) is 18.4 Å². The van der Waals surface area contributed by atoms with Gasteiger partial charge in [-0.1, -0.05) is 6.92 Å². The Morgan fingerprint density at radius 1 is 1.19 bits per heavy atom. The van der Waals surface area contributed by atoms with E-state index in [-0.39, 0.29) is 11.9 Å². The van der Waals surface area contributed by atoms with E-state index >= 15 is 0 Å². The van der Waals surface area contributed by atoms with Crippen LogP contribution in [0.5, 0.6) is 0 Å². The molecule has 3 heterocycles. The van der Waals surface area contributed by atoms with E-state index in [0.717, 1.165) is 5.69 Å². The van der Waals surface area contributed by atoms with Gasteiger partial charge in [0.2, 0.25) is 11.9 Å². The fraction of sp³-hybridized carbons (Fsp3) is 0.231. The summed E-state index contributed by atoms with van der Waals surface area (Å²) in [7, 11) is 1.76. The monoisotopic (exact) mass is 301 g/mol. The van der Waals surface area contributed by atoms with Gasteiger partial charge in [0.25, 0.3) is 0 Å². The van der Waals surface area contributed by atoms with Crippen LogP contribution in [0.15, 0.2) is 16.8 Å². The van der Waals surface area contributed by atoms with Crippen molar-refractivity contribution in [3.05, 3.63) is 28.1 Å². The number of nitrogens with two attached hydrogens (primary N) is 2. The Labute approximate surface area is 125 Å². The van der Waals surface area contributed by atoms with Crippen LogP contribution in [-0.4, -0.2) is 27.0 Å². The summed E-state index contributed by atoms with van der Waals surface area (Å²) in [6.07, 6.45) is 0. The third kappa shape index (κ3) is 2.33. The summed E-state index contributed by atoms with van der Waals surface area (Å²) < 4.78 is 0. The van der Waals surface area contributed by atoms with Crippen LogP contribution in [0.2, 0.25) is 0 Å². The zero-order valence-electron chi connectivity index (χ0n) is 11.7. The maximum atomic E-state index is 6.01. The molecule has 0 bridgehead atoms. The zero-order chi connectivity index (χ0) is 15.0. The first-order valence-electron chi connectivity index (χ1n) is 6.40. The molecular weight excluding hydrogens is 286 g/mol. The van der Waals surface area contributed by atoms with Crippen LogP contribution in [0, 0.1) is 0 Å². The average molecular weight is 301 g/mol. The van der Waals surface area contributed by atoms with Crippen LogP contribution in [0.1, 0.15) is 24.1 Å². The number of hydrogen-bond donors (Lipinski definition) is 3. The van der Waals surface area contributed by atoms with Gasteiger partial charge in [-0.15, -0.1) is 0 Å². The van der Waals surface area contributed by atoms with Crippen molar-refractivity contribution in [2.45, 2.75) is 12.8 Å². The van der Waals surface area contributed by atoms with Crippen molar-refractivity contribution in [2.75, 3.05) is 23.8 Å². The summed E-state index contributed by atoms with van der Waals surface area (Å²) in [4.78, 5) is 17.1. The molecule has 0 spiro atoms. The number of rotatable bonds is 3. The van der Waals surface area contributed by atoms with E-state index in [4.69, 9.17) is 11.5 Å². The molecule has 21 heavy (non-hydrogen) atoms. The number of fused-ring (bicyclic) bond motifs is 1. The lowest BCUT2D eigenvalue weighted by molar-refractivity contribution is 0.880. The fourth-order valence-electron chi connectivity index (χ4n) is 2.21. The minimum atomic E-state index is 0.0587. The summed E-state index contributed by atoms with van der Waals surface area (Å²) in [5.41, 5.74) is 14.1. The predicted octanol–water partition coefficient (Wildman–Crippen LogP) is 1.84. The van der Waals surface area contributed by atoms with Crippen molar-refractivity contribution in [3.8, 4) is 0 Å². The molecule has 0 saturated heterocycles. The lowest BCUT2D eigenvalue weighted by atomic mass is 9.98. The number of hydrogen-bond acceptors (Lipinski definition) is 8. The Hall–Kier alpha value is -2.48. The lowest BCUT2D eigenvalue weighted by Gasteiger charge is -2.14. The van der Waals surface area contributed by atoms with Crippen LogP contribution in [0.3, 0.4) is 0 Å². The highest BCUT2D eigenvalue weighted by Gasteiger charge is 2.19. The molecule has 1 atom stereocenters. The number of nitrogens with zero attached hydrogens (tertiary/aromatic N) is 4. The fourth-order valence-corrected chi connectivity index (χ4v) is 2.96. The summed E-state index contributed by atoms with van der Waals surface area (Å²) in [5.74, 6) is 0.951. The summed E-state index contributed by atoms with van der Waals surface area (Å²) in [6.45, 7) is 2.07. The molecular formula is C13H15N7S. The molecule has 0 aliphatic heterocycles. The quantitative estimate of drug-likeness (QED) is 0.676. The zero-order valence-corrected chi connectivity index (χ0v) is 12.5.